The summed E-state index contributed by atoms with van der Waals surface area (Å²) in [6, 6.07) is 3.92. The molecule has 126 valence electrons. The van der Waals surface area contributed by atoms with E-state index in [1.54, 1.807) is 7.05 Å². The summed E-state index contributed by atoms with van der Waals surface area (Å²) < 4.78 is 18.1. The molecule has 0 saturated carbocycles. The van der Waals surface area contributed by atoms with Gasteiger partial charge in [-0.25, -0.2) is 4.39 Å². The summed E-state index contributed by atoms with van der Waals surface area (Å²) in [6.45, 7) is 0.625. The molecule has 1 aromatic carbocycles. The Hall–Kier alpha value is -1.47. The van der Waals surface area contributed by atoms with Gasteiger partial charge in [0.15, 0.2) is 0 Å². The minimum absolute atomic E-state index is 0.0955. The first kappa shape index (κ1) is 17.9. The van der Waals surface area contributed by atoms with Crippen LogP contribution in [0.2, 0.25) is 5.02 Å². The van der Waals surface area contributed by atoms with Gasteiger partial charge in [-0.2, -0.15) is 0 Å². The lowest BCUT2D eigenvalue weighted by Crippen LogP contribution is -2.48. The number of ether oxygens (including phenoxy) is 1. The number of carbonyl (C=O) groups excluding carboxylic acids is 1. The summed E-state index contributed by atoms with van der Waals surface area (Å²) in [5.74, 6) is -1.09. The summed E-state index contributed by atoms with van der Waals surface area (Å²) in [7, 11) is 1.59. The van der Waals surface area contributed by atoms with Crippen molar-refractivity contribution in [1.29, 1.82) is 0 Å². The van der Waals surface area contributed by atoms with Gasteiger partial charge in [-0.15, -0.1) is 0 Å². The second-order valence-corrected chi connectivity index (χ2v) is 5.98. The van der Waals surface area contributed by atoms with E-state index in [-0.39, 0.29) is 36.6 Å². The molecule has 0 aromatic heterocycles. The van der Waals surface area contributed by atoms with Crippen LogP contribution in [0.4, 0.5) is 4.39 Å². The fraction of sp³-hybridized carbons (Fsp3) is 0.438. The molecule has 1 aliphatic rings. The molecule has 0 unspecified atom stereocenters. The van der Waals surface area contributed by atoms with Crippen molar-refractivity contribution in [2.75, 3.05) is 26.8 Å². The van der Waals surface area contributed by atoms with Gasteiger partial charge >= 0.3 is 0 Å². The number of benzene rings is 1. The number of amides is 1. The van der Waals surface area contributed by atoms with E-state index >= 15 is 0 Å². The minimum atomic E-state index is -0.939. The van der Waals surface area contributed by atoms with Gasteiger partial charge in [-0.1, -0.05) is 17.7 Å². The van der Waals surface area contributed by atoms with E-state index in [1.807, 2.05) is 0 Å². The number of aliphatic hydroxyl groups is 2. The molecule has 7 heteroatoms. The molecule has 0 bridgehead atoms. The smallest absolute Gasteiger partial charge is 0.246 e. The van der Waals surface area contributed by atoms with Gasteiger partial charge in [0.05, 0.1) is 24.3 Å². The Morgan fingerprint density at radius 1 is 1.48 bits per heavy atom. The number of carbonyl (C=O) groups is 1. The fourth-order valence-electron chi connectivity index (χ4n) is 2.38. The third-order valence-electron chi connectivity index (χ3n) is 3.75. The predicted molar refractivity (Wildman–Crippen MR) is 84.4 cm³/mol. The van der Waals surface area contributed by atoms with Crippen molar-refractivity contribution in [3.8, 4) is 0 Å². The Labute approximate surface area is 138 Å². The van der Waals surface area contributed by atoms with E-state index in [4.69, 9.17) is 16.3 Å². The zero-order valence-corrected chi connectivity index (χ0v) is 13.4. The quantitative estimate of drug-likeness (QED) is 0.809. The zero-order valence-electron chi connectivity index (χ0n) is 12.7. The molecule has 0 aliphatic carbocycles. The minimum Gasteiger partial charge on any atom is -0.390 e. The van der Waals surface area contributed by atoms with Crippen molar-refractivity contribution < 1.29 is 24.1 Å². The van der Waals surface area contributed by atoms with Crippen molar-refractivity contribution in [3.05, 3.63) is 40.7 Å². The Kier molecular flexibility index (Phi) is 6.12. The average molecular weight is 344 g/mol. The molecule has 1 amide bonds. The number of likely N-dealkylation sites (N-methyl/N-ethyl adjacent to an activating group) is 1. The van der Waals surface area contributed by atoms with Gasteiger partial charge in [0.1, 0.15) is 11.9 Å². The summed E-state index contributed by atoms with van der Waals surface area (Å²) >= 11 is 5.89. The first-order valence-electron chi connectivity index (χ1n) is 7.20. The molecule has 0 radical (unpaired) electrons. The van der Waals surface area contributed by atoms with Gasteiger partial charge in [0, 0.05) is 25.6 Å². The highest BCUT2D eigenvalue weighted by atomic mass is 35.5. The van der Waals surface area contributed by atoms with E-state index in [1.165, 1.54) is 35.3 Å². The number of rotatable bonds is 4. The highest BCUT2D eigenvalue weighted by Crippen LogP contribution is 2.19. The summed E-state index contributed by atoms with van der Waals surface area (Å²) in [5.41, 5.74) is 0.534. The van der Waals surface area contributed by atoms with Gasteiger partial charge < -0.3 is 19.8 Å². The molecule has 1 saturated heterocycles. The highest BCUT2D eigenvalue weighted by Gasteiger charge is 2.32. The third-order valence-corrected chi connectivity index (χ3v) is 4.08. The van der Waals surface area contributed by atoms with Crippen LogP contribution in [0.15, 0.2) is 24.3 Å². The Balaban J connectivity index is 1.95. The van der Waals surface area contributed by atoms with E-state index in [0.29, 0.717) is 5.56 Å². The number of nitrogens with zero attached hydrogens (tertiary/aromatic N) is 1. The lowest BCUT2D eigenvalue weighted by atomic mass is 9.96. The highest BCUT2D eigenvalue weighted by molar-refractivity contribution is 6.32. The normalized spacial score (nSPS) is 24.8. The maximum Gasteiger partial charge on any atom is 0.246 e. The molecular formula is C16H19ClFNO4. The van der Waals surface area contributed by atoms with Gasteiger partial charge in [0.2, 0.25) is 5.91 Å². The molecule has 23 heavy (non-hydrogen) atoms. The number of hydrogen-bond acceptors (Lipinski definition) is 4. The maximum atomic E-state index is 13.0. The topological polar surface area (TPSA) is 70.0 Å². The summed E-state index contributed by atoms with van der Waals surface area (Å²) in [6.07, 6.45) is 0.967. The van der Waals surface area contributed by atoms with E-state index in [0.717, 1.165) is 0 Å². The average Bonchev–Trinajstić information content (AvgIpc) is 2.50. The third kappa shape index (κ3) is 4.75. The Morgan fingerprint density at radius 2 is 2.22 bits per heavy atom. The van der Waals surface area contributed by atoms with Gasteiger partial charge in [0.25, 0.3) is 0 Å². The molecule has 0 spiro atoms. The van der Waals surface area contributed by atoms with Crippen LogP contribution in [-0.4, -0.2) is 60.0 Å². The molecule has 5 nitrogen and oxygen atoms in total. The Bertz CT molecular complexity index is 595. The van der Waals surface area contributed by atoms with Crippen molar-refractivity contribution in [2.45, 2.75) is 12.2 Å². The lowest BCUT2D eigenvalue weighted by Gasteiger charge is -2.34. The molecule has 1 heterocycles. The molecule has 1 fully saturated rings. The monoisotopic (exact) mass is 343 g/mol. The van der Waals surface area contributed by atoms with Crippen molar-refractivity contribution in [2.24, 2.45) is 5.92 Å². The van der Waals surface area contributed by atoms with Gasteiger partial charge in [-0.3, -0.25) is 4.79 Å². The molecule has 3 atom stereocenters. The maximum absolute atomic E-state index is 13.0. The number of hydrogen-bond donors (Lipinski definition) is 2. The largest absolute Gasteiger partial charge is 0.390 e. The number of halogens is 2. The fourth-order valence-corrected chi connectivity index (χ4v) is 2.61. The predicted octanol–water partition coefficient (Wildman–Crippen LogP) is 1.32. The molecule has 1 aliphatic heterocycles. The van der Waals surface area contributed by atoms with Crippen molar-refractivity contribution >= 4 is 23.6 Å². The molecule has 1 aromatic rings. The van der Waals surface area contributed by atoms with Crippen LogP contribution >= 0.6 is 11.6 Å². The molecular weight excluding hydrogens is 325 g/mol. The first-order chi connectivity index (χ1) is 10.9. The standard InChI is InChI=1S/C16H19ClFNO4/c1-19(7-11-8-23-9-14(20)16(11)22)15(21)5-3-10-2-4-12(18)6-13(10)17/h2-6,11,14,16,20,22H,7-9H2,1H3/t11-,14-,16+/m1/s1. The molecule has 2 N–H and O–H groups in total. The van der Waals surface area contributed by atoms with Crippen LogP contribution in [0, 0.1) is 11.7 Å². The second kappa shape index (κ2) is 7.88. The van der Waals surface area contributed by atoms with Crippen LogP contribution in [0.1, 0.15) is 5.56 Å². The number of aliphatic hydroxyl groups excluding tert-OH is 2. The van der Waals surface area contributed by atoms with Crippen molar-refractivity contribution in [3.63, 3.8) is 0 Å². The molecule has 2 rings (SSSR count). The van der Waals surface area contributed by atoms with Gasteiger partial charge in [-0.05, 0) is 23.8 Å². The van der Waals surface area contributed by atoms with Crippen LogP contribution in [0.5, 0.6) is 0 Å². The van der Waals surface area contributed by atoms with Crippen molar-refractivity contribution in [1.82, 2.24) is 4.90 Å². The van der Waals surface area contributed by atoms with E-state index in [9.17, 15) is 19.4 Å². The van der Waals surface area contributed by atoms with E-state index in [2.05, 4.69) is 0 Å². The first-order valence-corrected chi connectivity index (χ1v) is 7.58. The zero-order chi connectivity index (χ0) is 17.0. The summed E-state index contributed by atoms with van der Waals surface area (Å²) in [5, 5.41) is 19.7. The Morgan fingerprint density at radius 3 is 2.91 bits per heavy atom. The van der Waals surface area contributed by atoms with Crippen LogP contribution in [-0.2, 0) is 9.53 Å². The SMILES string of the molecule is CN(C[C@@H]1COC[C@@H](O)[C@H]1O)C(=O)C=Cc1ccc(F)cc1Cl. The van der Waals surface area contributed by atoms with Crippen LogP contribution in [0.3, 0.4) is 0 Å². The summed E-state index contributed by atoms with van der Waals surface area (Å²) in [4.78, 5) is 13.5. The van der Waals surface area contributed by atoms with Crippen LogP contribution < -0.4 is 0 Å². The second-order valence-electron chi connectivity index (χ2n) is 5.57. The lowest BCUT2D eigenvalue weighted by molar-refractivity contribution is -0.136. The van der Waals surface area contributed by atoms with Crippen LogP contribution in [0.25, 0.3) is 6.08 Å². The van der Waals surface area contributed by atoms with E-state index < -0.39 is 18.0 Å².